The standard InChI is InChI=1S/C15H15BrN2/c1-18(17)15-9-5-8-14(16)13(15)11-10-12-6-3-2-4-7-12/h2-11H,17H2,1H3/b11-10+. The highest BCUT2D eigenvalue weighted by atomic mass is 79.9. The van der Waals surface area contributed by atoms with E-state index in [-0.39, 0.29) is 0 Å². The number of anilines is 1. The Morgan fingerprint density at radius 2 is 1.72 bits per heavy atom. The molecule has 2 rings (SSSR count). The molecule has 0 aliphatic rings. The van der Waals surface area contributed by atoms with E-state index in [9.17, 15) is 0 Å². The number of rotatable bonds is 3. The fraction of sp³-hybridized carbons (Fsp3) is 0.0667. The van der Waals surface area contributed by atoms with Crippen LogP contribution in [0.25, 0.3) is 12.2 Å². The normalized spacial score (nSPS) is 10.8. The number of benzene rings is 2. The fourth-order valence-corrected chi connectivity index (χ4v) is 2.23. The first-order valence-electron chi connectivity index (χ1n) is 5.68. The molecular formula is C15H15BrN2. The van der Waals surface area contributed by atoms with E-state index in [1.807, 2.05) is 43.4 Å². The third-order valence-electron chi connectivity index (χ3n) is 2.65. The van der Waals surface area contributed by atoms with Crippen LogP contribution in [0.3, 0.4) is 0 Å². The zero-order valence-electron chi connectivity index (χ0n) is 10.2. The molecule has 0 fully saturated rings. The highest BCUT2D eigenvalue weighted by molar-refractivity contribution is 9.10. The van der Waals surface area contributed by atoms with Crippen molar-refractivity contribution in [3.8, 4) is 0 Å². The van der Waals surface area contributed by atoms with Gasteiger partial charge in [-0.2, -0.15) is 0 Å². The van der Waals surface area contributed by atoms with E-state index >= 15 is 0 Å². The molecule has 0 heterocycles. The van der Waals surface area contributed by atoms with Gasteiger partial charge in [0.05, 0.1) is 5.69 Å². The van der Waals surface area contributed by atoms with E-state index in [4.69, 9.17) is 5.84 Å². The van der Waals surface area contributed by atoms with Crippen LogP contribution in [0.2, 0.25) is 0 Å². The monoisotopic (exact) mass is 302 g/mol. The molecule has 0 aromatic heterocycles. The van der Waals surface area contributed by atoms with Gasteiger partial charge in [-0.1, -0.05) is 64.5 Å². The highest BCUT2D eigenvalue weighted by Gasteiger charge is 2.05. The summed E-state index contributed by atoms with van der Waals surface area (Å²) in [6.45, 7) is 0. The Labute approximate surface area is 116 Å². The number of halogens is 1. The Hall–Kier alpha value is -1.58. The molecule has 0 unspecified atom stereocenters. The second kappa shape index (κ2) is 5.85. The van der Waals surface area contributed by atoms with Crippen molar-refractivity contribution < 1.29 is 0 Å². The molecule has 3 heteroatoms. The number of nitrogens with zero attached hydrogens (tertiary/aromatic N) is 1. The van der Waals surface area contributed by atoms with Crippen molar-refractivity contribution in [3.05, 3.63) is 64.1 Å². The Balaban J connectivity index is 2.37. The molecule has 2 N–H and O–H groups in total. The number of hydrazine groups is 1. The van der Waals surface area contributed by atoms with Gasteiger partial charge in [0.2, 0.25) is 0 Å². The summed E-state index contributed by atoms with van der Waals surface area (Å²) in [6.07, 6.45) is 4.14. The molecule has 2 aromatic rings. The molecular weight excluding hydrogens is 288 g/mol. The minimum absolute atomic E-state index is 0.983. The van der Waals surface area contributed by atoms with Crippen LogP contribution in [0.5, 0.6) is 0 Å². The molecule has 0 radical (unpaired) electrons. The van der Waals surface area contributed by atoms with E-state index in [0.29, 0.717) is 0 Å². The van der Waals surface area contributed by atoms with Gasteiger partial charge < -0.3 is 5.01 Å². The first-order valence-corrected chi connectivity index (χ1v) is 6.48. The van der Waals surface area contributed by atoms with Gasteiger partial charge in [0.15, 0.2) is 0 Å². The van der Waals surface area contributed by atoms with Gasteiger partial charge in [0.1, 0.15) is 0 Å². The van der Waals surface area contributed by atoms with Gasteiger partial charge in [0, 0.05) is 17.1 Å². The van der Waals surface area contributed by atoms with Crippen molar-refractivity contribution in [2.75, 3.05) is 12.1 Å². The average Bonchev–Trinajstić information content (AvgIpc) is 2.38. The number of nitrogens with two attached hydrogens (primary N) is 1. The molecule has 92 valence electrons. The number of hydrogen-bond acceptors (Lipinski definition) is 2. The highest BCUT2D eigenvalue weighted by Crippen LogP contribution is 2.28. The van der Waals surface area contributed by atoms with Gasteiger partial charge in [-0.3, -0.25) is 0 Å². The quantitative estimate of drug-likeness (QED) is 0.529. The second-order valence-corrected chi connectivity index (χ2v) is 4.88. The van der Waals surface area contributed by atoms with E-state index in [0.717, 1.165) is 15.7 Å². The van der Waals surface area contributed by atoms with E-state index in [1.165, 1.54) is 5.56 Å². The van der Waals surface area contributed by atoms with Crippen molar-refractivity contribution in [1.29, 1.82) is 0 Å². The third-order valence-corrected chi connectivity index (χ3v) is 3.34. The van der Waals surface area contributed by atoms with Crippen molar-refractivity contribution in [1.82, 2.24) is 0 Å². The molecule has 2 aromatic carbocycles. The van der Waals surface area contributed by atoms with Crippen LogP contribution >= 0.6 is 15.9 Å². The largest absolute Gasteiger partial charge is 0.313 e. The summed E-state index contributed by atoms with van der Waals surface area (Å²) < 4.78 is 1.03. The first kappa shape index (κ1) is 12.9. The molecule has 0 saturated heterocycles. The van der Waals surface area contributed by atoms with Crippen LogP contribution in [-0.4, -0.2) is 7.05 Å². The molecule has 0 bridgehead atoms. The molecule has 0 atom stereocenters. The van der Waals surface area contributed by atoms with Gasteiger partial charge in [-0.05, 0) is 17.7 Å². The van der Waals surface area contributed by atoms with Crippen LogP contribution in [-0.2, 0) is 0 Å². The summed E-state index contributed by atoms with van der Waals surface area (Å²) in [5.41, 5.74) is 3.22. The predicted molar refractivity (Wildman–Crippen MR) is 82.1 cm³/mol. The van der Waals surface area contributed by atoms with Crippen LogP contribution in [0, 0.1) is 0 Å². The molecule has 0 spiro atoms. The Morgan fingerprint density at radius 3 is 2.39 bits per heavy atom. The Kier molecular flexibility index (Phi) is 4.18. The minimum atomic E-state index is 0.983. The molecule has 18 heavy (non-hydrogen) atoms. The summed E-state index contributed by atoms with van der Waals surface area (Å²) in [5.74, 6) is 5.83. The lowest BCUT2D eigenvalue weighted by Crippen LogP contribution is -2.25. The van der Waals surface area contributed by atoms with Gasteiger partial charge >= 0.3 is 0 Å². The van der Waals surface area contributed by atoms with Crippen molar-refractivity contribution in [3.63, 3.8) is 0 Å². The van der Waals surface area contributed by atoms with Gasteiger partial charge in [-0.15, -0.1) is 0 Å². The van der Waals surface area contributed by atoms with Gasteiger partial charge in [-0.25, -0.2) is 5.84 Å². The van der Waals surface area contributed by atoms with Crippen LogP contribution < -0.4 is 10.9 Å². The molecule has 2 nitrogen and oxygen atoms in total. The second-order valence-electron chi connectivity index (χ2n) is 4.03. The zero-order valence-corrected chi connectivity index (χ0v) is 11.8. The van der Waals surface area contributed by atoms with E-state index < -0.39 is 0 Å². The SMILES string of the molecule is CN(N)c1cccc(Br)c1/C=C/c1ccccc1. The fourth-order valence-electron chi connectivity index (χ4n) is 1.74. The minimum Gasteiger partial charge on any atom is -0.313 e. The Morgan fingerprint density at radius 1 is 1.00 bits per heavy atom. The maximum atomic E-state index is 5.83. The molecule has 0 aliphatic carbocycles. The lowest BCUT2D eigenvalue weighted by molar-refractivity contribution is 1.01. The van der Waals surface area contributed by atoms with Crippen LogP contribution in [0.4, 0.5) is 5.69 Å². The summed E-state index contributed by atoms with van der Waals surface area (Å²) in [4.78, 5) is 0. The number of hydrogen-bond donors (Lipinski definition) is 1. The molecule has 0 saturated carbocycles. The molecule has 0 amide bonds. The average molecular weight is 303 g/mol. The van der Waals surface area contributed by atoms with Crippen molar-refractivity contribution in [2.45, 2.75) is 0 Å². The van der Waals surface area contributed by atoms with E-state index in [1.54, 1.807) is 5.01 Å². The predicted octanol–water partition coefficient (Wildman–Crippen LogP) is 3.93. The summed E-state index contributed by atoms with van der Waals surface area (Å²) in [6, 6.07) is 16.2. The van der Waals surface area contributed by atoms with Crippen LogP contribution in [0.1, 0.15) is 11.1 Å². The zero-order chi connectivity index (χ0) is 13.0. The summed E-state index contributed by atoms with van der Waals surface area (Å²) >= 11 is 3.56. The molecule has 0 aliphatic heterocycles. The summed E-state index contributed by atoms with van der Waals surface area (Å²) in [7, 11) is 1.83. The van der Waals surface area contributed by atoms with Crippen LogP contribution in [0.15, 0.2) is 53.0 Å². The van der Waals surface area contributed by atoms with Gasteiger partial charge in [0.25, 0.3) is 0 Å². The smallest absolute Gasteiger partial charge is 0.0597 e. The first-order chi connectivity index (χ1) is 8.68. The maximum Gasteiger partial charge on any atom is 0.0597 e. The lowest BCUT2D eigenvalue weighted by Gasteiger charge is -2.16. The lowest BCUT2D eigenvalue weighted by atomic mass is 10.1. The topological polar surface area (TPSA) is 29.3 Å². The van der Waals surface area contributed by atoms with E-state index in [2.05, 4.69) is 40.2 Å². The third kappa shape index (κ3) is 3.00. The Bertz CT molecular complexity index is 548. The summed E-state index contributed by atoms with van der Waals surface area (Å²) in [5, 5.41) is 1.62. The van der Waals surface area contributed by atoms with Crippen molar-refractivity contribution >= 4 is 33.8 Å². The van der Waals surface area contributed by atoms with Crippen molar-refractivity contribution in [2.24, 2.45) is 5.84 Å². The maximum absolute atomic E-state index is 5.83.